The summed E-state index contributed by atoms with van der Waals surface area (Å²) >= 11 is 0. The van der Waals surface area contributed by atoms with Crippen molar-refractivity contribution in [3.05, 3.63) is 22.8 Å². The van der Waals surface area contributed by atoms with Crippen LogP contribution in [0, 0.1) is 0 Å². The van der Waals surface area contributed by atoms with Gasteiger partial charge in [-0.15, -0.1) is 35.7 Å². The van der Waals surface area contributed by atoms with Crippen LogP contribution in [0.25, 0.3) is 34.4 Å². The second kappa shape index (κ2) is 4.99. The van der Waals surface area contributed by atoms with Crippen LogP contribution in [0.5, 0.6) is 0 Å². The fourth-order valence-corrected chi connectivity index (χ4v) is 3.38. The van der Waals surface area contributed by atoms with Crippen LogP contribution in [0.4, 0.5) is 0 Å². The molecule has 2 aliphatic carbocycles. The summed E-state index contributed by atoms with van der Waals surface area (Å²) in [6, 6.07) is 0. The van der Waals surface area contributed by atoms with Gasteiger partial charge in [-0.05, 0) is 34.7 Å². The zero-order valence-corrected chi connectivity index (χ0v) is 14.5. The molecule has 4 aromatic rings. The van der Waals surface area contributed by atoms with Crippen molar-refractivity contribution in [1.82, 2.24) is 71.6 Å². The minimum atomic E-state index is -0.531. The standard InChI is InChI=1S/C14H8N14/c1-14(2)10-8(9-11(14)22-28-27-20-9)16-13(24-21-10)12-15-6-4(17-23-12)3-5-7(6)19-26-25-18-5/h3H2,1-2H3. The second-order valence-electron chi connectivity index (χ2n) is 6.82. The molecule has 4 heterocycles. The maximum Gasteiger partial charge on any atom is 0.222 e. The van der Waals surface area contributed by atoms with Crippen molar-refractivity contribution >= 4 is 0 Å². The van der Waals surface area contributed by atoms with E-state index in [0.29, 0.717) is 52.0 Å². The number of hydrogen-bond donors (Lipinski definition) is 0. The average Bonchev–Trinajstić information content (AvgIpc) is 3.21. The Morgan fingerprint density at radius 1 is 0.536 bits per heavy atom. The Balaban J connectivity index is 1.51. The van der Waals surface area contributed by atoms with E-state index in [1.165, 1.54) is 0 Å². The van der Waals surface area contributed by atoms with Gasteiger partial charge in [-0.1, -0.05) is 0 Å². The third-order valence-electron chi connectivity index (χ3n) is 4.79. The monoisotopic (exact) mass is 372 g/mol. The molecular formula is C14H8N14. The van der Waals surface area contributed by atoms with Crippen LogP contribution in [0.3, 0.4) is 0 Å². The molecule has 0 unspecified atom stereocenters. The zero-order valence-electron chi connectivity index (χ0n) is 14.5. The fourth-order valence-electron chi connectivity index (χ4n) is 3.38. The van der Waals surface area contributed by atoms with Crippen LogP contribution in [-0.2, 0) is 11.8 Å². The van der Waals surface area contributed by atoms with E-state index in [-0.39, 0.29) is 11.6 Å². The first kappa shape index (κ1) is 15.0. The molecule has 0 spiro atoms. The van der Waals surface area contributed by atoms with Crippen molar-refractivity contribution in [2.75, 3.05) is 0 Å². The fraction of sp³-hybridized carbons (Fsp3) is 0.286. The largest absolute Gasteiger partial charge is 0.222 e. The predicted octanol–water partition coefficient (Wildman–Crippen LogP) is -1.24. The van der Waals surface area contributed by atoms with Gasteiger partial charge in [0.1, 0.15) is 39.9 Å². The summed E-state index contributed by atoms with van der Waals surface area (Å²) in [5.74, 6) is 0.418. The van der Waals surface area contributed by atoms with E-state index in [1.807, 2.05) is 13.8 Å². The summed E-state index contributed by atoms with van der Waals surface area (Å²) in [4.78, 5) is 9.08. The molecule has 0 bridgehead atoms. The molecule has 14 heteroatoms. The topological polar surface area (TPSA) is 180 Å². The van der Waals surface area contributed by atoms with Crippen LogP contribution >= 0.6 is 0 Å². The van der Waals surface area contributed by atoms with Gasteiger partial charge in [-0.2, -0.15) is 5.10 Å². The highest BCUT2D eigenvalue weighted by molar-refractivity contribution is 5.72. The van der Waals surface area contributed by atoms with E-state index in [9.17, 15) is 0 Å². The molecule has 0 fully saturated rings. The molecule has 28 heavy (non-hydrogen) atoms. The second-order valence-corrected chi connectivity index (χ2v) is 6.82. The SMILES string of the molecule is CC1(C)c2nnnnc2-c2nc(-c3nnc4c(n3)-c3nnnnc3C4)nnc21. The first-order valence-electron chi connectivity index (χ1n) is 8.24. The van der Waals surface area contributed by atoms with E-state index < -0.39 is 5.41 Å². The average molecular weight is 372 g/mol. The Bertz CT molecular complexity index is 1280. The first-order valence-corrected chi connectivity index (χ1v) is 8.24. The number of nitrogens with zero attached hydrogens (tertiary/aromatic N) is 14. The van der Waals surface area contributed by atoms with Gasteiger partial charge in [0.25, 0.3) is 0 Å². The van der Waals surface area contributed by atoms with E-state index in [0.717, 1.165) is 0 Å². The Labute approximate surface area is 155 Å². The molecule has 6 rings (SSSR count). The lowest BCUT2D eigenvalue weighted by Crippen LogP contribution is -2.20. The quantitative estimate of drug-likeness (QED) is 0.340. The van der Waals surface area contributed by atoms with Crippen molar-refractivity contribution in [2.24, 2.45) is 0 Å². The molecule has 4 aromatic heterocycles. The molecule has 0 amide bonds. The molecule has 0 atom stereocenters. The molecule has 134 valence electrons. The van der Waals surface area contributed by atoms with Gasteiger partial charge in [-0.25, -0.2) is 9.97 Å². The number of aromatic nitrogens is 14. The van der Waals surface area contributed by atoms with Crippen LogP contribution in [0.15, 0.2) is 0 Å². The molecule has 0 aliphatic heterocycles. The van der Waals surface area contributed by atoms with Crippen molar-refractivity contribution in [3.8, 4) is 34.4 Å². The van der Waals surface area contributed by atoms with Crippen molar-refractivity contribution < 1.29 is 0 Å². The molecule has 2 aliphatic rings. The van der Waals surface area contributed by atoms with Gasteiger partial charge >= 0.3 is 0 Å². The molecule has 0 saturated heterocycles. The number of hydrogen-bond acceptors (Lipinski definition) is 14. The highest BCUT2D eigenvalue weighted by Gasteiger charge is 2.42. The van der Waals surface area contributed by atoms with E-state index in [1.54, 1.807) is 0 Å². The highest BCUT2D eigenvalue weighted by Crippen LogP contribution is 2.43. The lowest BCUT2D eigenvalue weighted by atomic mass is 9.90. The first-order chi connectivity index (χ1) is 13.6. The lowest BCUT2D eigenvalue weighted by Gasteiger charge is -2.15. The zero-order chi connectivity index (χ0) is 18.9. The maximum atomic E-state index is 4.57. The van der Waals surface area contributed by atoms with Crippen molar-refractivity contribution in [1.29, 1.82) is 0 Å². The number of rotatable bonds is 1. The van der Waals surface area contributed by atoms with E-state index in [2.05, 4.69) is 71.6 Å². The van der Waals surface area contributed by atoms with Crippen molar-refractivity contribution in [3.63, 3.8) is 0 Å². The van der Waals surface area contributed by atoms with Crippen LogP contribution in [0.1, 0.15) is 36.6 Å². The van der Waals surface area contributed by atoms with Gasteiger partial charge in [0.15, 0.2) is 0 Å². The molecule has 0 radical (unpaired) electrons. The van der Waals surface area contributed by atoms with Gasteiger partial charge in [-0.3, -0.25) is 0 Å². The highest BCUT2D eigenvalue weighted by atomic mass is 15.4. The molecule has 0 aromatic carbocycles. The Hall–Kier alpha value is -4.10. The summed E-state index contributed by atoms with van der Waals surface area (Å²) in [6.07, 6.45) is 0.451. The molecular weight excluding hydrogens is 364 g/mol. The van der Waals surface area contributed by atoms with Crippen LogP contribution < -0.4 is 0 Å². The van der Waals surface area contributed by atoms with E-state index in [4.69, 9.17) is 0 Å². The number of fused-ring (bicyclic) bond motifs is 6. The van der Waals surface area contributed by atoms with Gasteiger partial charge in [0, 0.05) is 6.42 Å². The molecule has 0 saturated carbocycles. The maximum absolute atomic E-state index is 4.57. The van der Waals surface area contributed by atoms with Crippen molar-refractivity contribution in [2.45, 2.75) is 25.7 Å². The summed E-state index contributed by atoms with van der Waals surface area (Å²) in [5, 5.41) is 47.4. The Kier molecular flexibility index (Phi) is 2.68. The Morgan fingerprint density at radius 2 is 1.14 bits per heavy atom. The molecule has 14 nitrogen and oxygen atoms in total. The van der Waals surface area contributed by atoms with Gasteiger partial charge < -0.3 is 0 Å². The molecule has 0 N–H and O–H groups in total. The van der Waals surface area contributed by atoms with E-state index >= 15 is 0 Å². The van der Waals surface area contributed by atoms with Gasteiger partial charge in [0.05, 0.1) is 11.1 Å². The summed E-state index contributed by atoms with van der Waals surface area (Å²) in [7, 11) is 0. The van der Waals surface area contributed by atoms with Gasteiger partial charge in [0.2, 0.25) is 11.6 Å². The van der Waals surface area contributed by atoms with Crippen LogP contribution in [0.2, 0.25) is 0 Å². The lowest BCUT2D eigenvalue weighted by molar-refractivity contribution is 0.576. The predicted molar refractivity (Wildman–Crippen MR) is 86.8 cm³/mol. The third kappa shape index (κ3) is 1.85. The normalized spacial score (nSPS) is 14.9. The minimum absolute atomic E-state index is 0.208. The smallest absolute Gasteiger partial charge is 0.220 e. The summed E-state index contributed by atoms with van der Waals surface area (Å²) < 4.78 is 0. The summed E-state index contributed by atoms with van der Waals surface area (Å²) in [6.45, 7) is 3.91. The summed E-state index contributed by atoms with van der Waals surface area (Å²) in [5.41, 5.74) is 4.18. The Morgan fingerprint density at radius 3 is 2.00 bits per heavy atom. The minimum Gasteiger partial charge on any atom is -0.220 e. The third-order valence-corrected chi connectivity index (χ3v) is 4.79. The van der Waals surface area contributed by atoms with Crippen LogP contribution in [-0.4, -0.2) is 71.6 Å².